The zero-order valence-corrected chi connectivity index (χ0v) is 12.6. The maximum atomic E-state index is 12.2. The number of anilines is 1. The van der Waals surface area contributed by atoms with Crippen LogP contribution in [0, 0.1) is 0 Å². The van der Waals surface area contributed by atoms with Crippen LogP contribution in [0.5, 0.6) is 0 Å². The zero-order valence-electron chi connectivity index (χ0n) is 11.8. The molecule has 1 unspecified atom stereocenters. The highest BCUT2D eigenvalue weighted by molar-refractivity contribution is 7.89. The highest BCUT2D eigenvalue weighted by Crippen LogP contribution is 2.26. The van der Waals surface area contributed by atoms with Crippen molar-refractivity contribution in [3.8, 4) is 0 Å². The summed E-state index contributed by atoms with van der Waals surface area (Å²) < 4.78 is 26.7. The van der Waals surface area contributed by atoms with E-state index in [0.717, 1.165) is 0 Å². The van der Waals surface area contributed by atoms with Crippen LogP contribution >= 0.6 is 0 Å². The molecule has 7 heteroatoms. The molecule has 20 heavy (non-hydrogen) atoms. The van der Waals surface area contributed by atoms with Gasteiger partial charge in [-0.05, 0) is 18.6 Å². The van der Waals surface area contributed by atoms with E-state index in [1.807, 2.05) is 0 Å². The first-order chi connectivity index (χ1) is 9.35. The van der Waals surface area contributed by atoms with Crippen molar-refractivity contribution in [2.45, 2.75) is 31.2 Å². The topological polar surface area (TPSA) is 86.7 Å². The molecule has 1 aromatic carbocycles. The first-order valence-corrected chi connectivity index (χ1v) is 7.87. The molecule has 1 rings (SSSR count). The van der Waals surface area contributed by atoms with E-state index in [2.05, 4.69) is 4.72 Å². The summed E-state index contributed by atoms with van der Waals surface area (Å²) in [6.45, 7) is 3.71. The van der Waals surface area contributed by atoms with Crippen LogP contribution in [-0.2, 0) is 14.8 Å². The van der Waals surface area contributed by atoms with Gasteiger partial charge in [0.1, 0.15) is 10.9 Å². The number of hydrogen-bond acceptors (Lipinski definition) is 4. The summed E-state index contributed by atoms with van der Waals surface area (Å²) in [5, 5.41) is 9.20. The molecule has 1 aromatic rings. The third-order valence-corrected chi connectivity index (χ3v) is 4.60. The third-order valence-electron chi connectivity index (χ3n) is 3.01. The molecule has 0 aromatic heterocycles. The average molecular weight is 300 g/mol. The minimum Gasteiger partial charge on any atom is -0.480 e. The number of rotatable bonds is 7. The largest absolute Gasteiger partial charge is 0.480 e. The van der Waals surface area contributed by atoms with Gasteiger partial charge in [-0.2, -0.15) is 0 Å². The number of hydrogen-bond donors (Lipinski definition) is 2. The number of likely N-dealkylation sites (N-methyl/N-ethyl adjacent to an activating group) is 1. The summed E-state index contributed by atoms with van der Waals surface area (Å²) >= 11 is 0. The lowest BCUT2D eigenvalue weighted by molar-refractivity contribution is -0.138. The van der Waals surface area contributed by atoms with Crippen LogP contribution in [0.25, 0.3) is 0 Å². The van der Waals surface area contributed by atoms with Crippen molar-refractivity contribution in [2.24, 2.45) is 0 Å². The second-order valence-electron chi connectivity index (χ2n) is 4.34. The van der Waals surface area contributed by atoms with E-state index in [1.165, 1.54) is 11.0 Å². The molecule has 0 fully saturated rings. The van der Waals surface area contributed by atoms with Crippen LogP contribution in [0.15, 0.2) is 29.2 Å². The lowest BCUT2D eigenvalue weighted by Crippen LogP contribution is -2.39. The Kier molecular flexibility index (Phi) is 5.52. The lowest BCUT2D eigenvalue weighted by Gasteiger charge is -2.27. The maximum absolute atomic E-state index is 12.2. The number of carboxylic acid groups (broad SMARTS) is 1. The van der Waals surface area contributed by atoms with Crippen molar-refractivity contribution >= 4 is 21.7 Å². The van der Waals surface area contributed by atoms with E-state index >= 15 is 0 Å². The molecule has 0 radical (unpaired) electrons. The number of sulfonamides is 1. The number of aliphatic carboxylic acids is 1. The molecule has 1 atom stereocenters. The summed E-state index contributed by atoms with van der Waals surface area (Å²) in [6.07, 6.45) is 0.376. The molecular formula is C13H20N2O4S. The van der Waals surface area contributed by atoms with E-state index in [-0.39, 0.29) is 11.4 Å². The molecular weight excluding hydrogens is 280 g/mol. The fraction of sp³-hybridized carbons (Fsp3) is 0.462. The third kappa shape index (κ3) is 3.49. The van der Waals surface area contributed by atoms with Gasteiger partial charge in [0.2, 0.25) is 10.0 Å². The van der Waals surface area contributed by atoms with Crippen molar-refractivity contribution in [3.63, 3.8) is 0 Å². The standard InChI is InChI=1S/C13H20N2O4S/c1-4-10(13(16)17)15(3)11-8-6-7-9-12(11)20(18,19)14-5-2/h6-10,14H,4-5H2,1-3H3,(H,16,17). The number of para-hydroxylation sites is 1. The van der Waals surface area contributed by atoms with Crippen LogP contribution in [-0.4, -0.2) is 39.1 Å². The van der Waals surface area contributed by atoms with Crippen LogP contribution in [0.1, 0.15) is 20.3 Å². The van der Waals surface area contributed by atoms with Gasteiger partial charge in [-0.25, -0.2) is 17.9 Å². The summed E-state index contributed by atoms with van der Waals surface area (Å²) in [5.74, 6) is -0.981. The Hall–Kier alpha value is -1.60. The van der Waals surface area contributed by atoms with Gasteiger partial charge in [-0.1, -0.05) is 26.0 Å². The first-order valence-electron chi connectivity index (χ1n) is 6.39. The van der Waals surface area contributed by atoms with Gasteiger partial charge in [-0.3, -0.25) is 0 Å². The Labute approximate surface area is 119 Å². The number of nitrogens with zero attached hydrogens (tertiary/aromatic N) is 1. The molecule has 0 spiro atoms. The molecule has 0 aliphatic carbocycles. The normalized spacial score (nSPS) is 12.9. The number of carboxylic acids is 1. The Balaban J connectivity index is 3.30. The fourth-order valence-corrected chi connectivity index (χ4v) is 3.31. The highest BCUT2D eigenvalue weighted by Gasteiger charge is 2.26. The second-order valence-corrected chi connectivity index (χ2v) is 6.08. The molecule has 0 aliphatic heterocycles. The zero-order chi connectivity index (χ0) is 15.3. The SMILES string of the molecule is CCNS(=O)(=O)c1ccccc1N(C)C(CC)C(=O)O. The van der Waals surface area contributed by atoms with E-state index in [0.29, 0.717) is 12.1 Å². The van der Waals surface area contributed by atoms with Gasteiger partial charge in [0.05, 0.1) is 5.69 Å². The molecule has 0 bridgehead atoms. The summed E-state index contributed by atoms with van der Waals surface area (Å²) in [7, 11) is -2.05. The molecule has 6 nitrogen and oxygen atoms in total. The van der Waals surface area contributed by atoms with Crippen molar-refractivity contribution in [2.75, 3.05) is 18.5 Å². The van der Waals surface area contributed by atoms with Gasteiger partial charge in [-0.15, -0.1) is 0 Å². The Bertz CT molecular complexity index is 571. The minimum absolute atomic E-state index is 0.0871. The smallest absolute Gasteiger partial charge is 0.326 e. The first kappa shape index (κ1) is 16.5. The van der Waals surface area contributed by atoms with E-state index in [4.69, 9.17) is 0 Å². The van der Waals surface area contributed by atoms with Crippen LogP contribution in [0.3, 0.4) is 0 Å². The Morgan fingerprint density at radius 2 is 1.95 bits per heavy atom. The molecule has 0 aliphatic rings. The molecule has 0 amide bonds. The highest BCUT2D eigenvalue weighted by atomic mass is 32.2. The molecule has 0 saturated heterocycles. The Morgan fingerprint density at radius 3 is 2.45 bits per heavy atom. The van der Waals surface area contributed by atoms with Crippen molar-refractivity contribution in [3.05, 3.63) is 24.3 Å². The predicted octanol–water partition coefficient (Wildman–Crippen LogP) is 1.28. The van der Waals surface area contributed by atoms with Gasteiger partial charge in [0, 0.05) is 13.6 Å². The average Bonchev–Trinajstić information content (AvgIpc) is 2.39. The van der Waals surface area contributed by atoms with Crippen LogP contribution in [0.4, 0.5) is 5.69 Å². The molecule has 0 saturated carbocycles. The number of nitrogens with one attached hydrogen (secondary N) is 1. The molecule has 112 valence electrons. The quantitative estimate of drug-likeness (QED) is 0.792. The maximum Gasteiger partial charge on any atom is 0.326 e. The van der Waals surface area contributed by atoms with E-state index in [9.17, 15) is 18.3 Å². The number of benzene rings is 1. The van der Waals surface area contributed by atoms with Crippen molar-refractivity contribution in [1.82, 2.24) is 4.72 Å². The summed E-state index contributed by atoms with van der Waals surface area (Å²) in [6, 6.07) is 5.61. The monoisotopic (exact) mass is 300 g/mol. The molecule has 2 N–H and O–H groups in total. The number of carbonyl (C=O) groups is 1. The summed E-state index contributed by atoms with van der Waals surface area (Å²) in [4.78, 5) is 12.8. The Morgan fingerprint density at radius 1 is 1.35 bits per heavy atom. The van der Waals surface area contributed by atoms with Gasteiger partial charge in [0.15, 0.2) is 0 Å². The lowest BCUT2D eigenvalue weighted by atomic mass is 10.2. The fourth-order valence-electron chi connectivity index (χ4n) is 2.03. The second kappa shape index (κ2) is 6.71. The van der Waals surface area contributed by atoms with Gasteiger partial charge in [0.25, 0.3) is 0 Å². The summed E-state index contributed by atoms with van der Waals surface area (Å²) in [5.41, 5.74) is 0.378. The van der Waals surface area contributed by atoms with Crippen molar-refractivity contribution in [1.29, 1.82) is 0 Å². The van der Waals surface area contributed by atoms with Gasteiger partial charge < -0.3 is 10.0 Å². The molecule has 0 heterocycles. The van der Waals surface area contributed by atoms with Crippen molar-refractivity contribution < 1.29 is 18.3 Å². The van der Waals surface area contributed by atoms with Crippen LogP contribution in [0.2, 0.25) is 0 Å². The van der Waals surface area contributed by atoms with Crippen LogP contribution < -0.4 is 9.62 Å². The minimum atomic E-state index is -3.64. The van der Waals surface area contributed by atoms with E-state index < -0.39 is 22.0 Å². The van der Waals surface area contributed by atoms with Gasteiger partial charge >= 0.3 is 5.97 Å². The predicted molar refractivity (Wildman–Crippen MR) is 77.4 cm³/mol. The van der Waals surface area contributed by atoms with E-state index in [1.54, 1.807) is 39.1 Å².